The SMILES string of the molecule is CN1CC[C@@]2(CCN(c3nccc(Nc4cc(C5CC5)[nH]n4)n3)C2)C1. The maximum Gasteiger partial charge on any atom is 0.227 e. The summed E-state index contributed by atoms with van der Waals surface area (Å²) in [6.07, 6.45) is 6.90. The molecule has 1 spiro atoms. The zero-order valence-electron chi connectivity index (χ0n) is 14.7. The molecule has 3 aliphatic rings. The number of nitrogens with one attached hydrogen (secondary N) is 2. The molecule has 1 saturated carbocycles. The second-order valence-electron chi connectivity index (χ2n) is 8.01. The average molecular weight is 339 g/mol. The summed E-state index contributed by atoms with van der Waals surface area (Å²) in [5.41, 5.74) is 1.66. The highest BCUT2D eigenvalue weighted by atomic mass is 15.3. The Hall–Kier alpha value is -2.15. The van der Waals surface area contributed by atoms with Gasteiger partial charge >= 0.3 is 0 Å². The zero-order chi connectivity index (χ0) is 16.9. The van der Waals surface area contributed by atoms with E-state index in [1.165, 1.54) is 44.5 Å². The Morgan fingerprint density at radius 3 is 2.88 bits per heavy atom. The van der Waals surface area contributed by atoms with Gasteiger partial charge in [-0.3, -0.25) is 5.10 Å². The van der Waals surface area contributed by atoms with Crippen LogP contribution in [0.1, 0.15) is 37.3 Å². The lowest BCUT2D eigenvalue weighted by Crippen LogP contribution is -2.30. The number of nitrogens with zero attached hydrogens (tertiary/aromatic N) is 5. The quantitative estimate of drug-likeness (QED) is 0.891. The fraction of sp³-hybridized carbons (Fsp3) is 0.611. The van der Waals surface area contributed by atoms with E-state index in [9.17, 15) is 0 Å². The van der Waals surface area contributed by atoms with Crippen LogP contribution in [-0.4, -0.2) is 58.3 Å². The predicted octanol–water partition coefficient (Wildman–Crippen LogP) is 2.35. The zero-order valence-corrected chi connectivity index (χ0v) is 14.7. The molecular weight excluding hydrogens is 314 g/mol. The van der Waals surface area contributed by atoms with Crippen LogP contribution in [0.25, 0.3) is 0 Å². The lowest BCUT2D eigenvalue weighted by atomic mass is 9.86. The Balaban J connectivity index is 1.29. The van der Waals surface area contributed by atoms with Crippen LogP contribution < -0.4 is 10.2 Å². The Morgan fingerprint density at radius 1 is 1.20 bits per heavy atom. The fourth-order valence-corrected chi connectivity index (χ4v) is 4.30. The predicted molar refractivity (Wildman–Crippen MR) is 97.3 cm³/mol. The van der Waals surface area contributed by atoms with E-state index >= 15 is 0 Å². The van der Waals surface area contributed by atoms with Crippen LogP contribution in [-0.2, 0) is 0 Å². The molecule has 7 heteroatoms. The van der Waals surface area contributed by atoms with Crippen LogP contribution in [0.2, 0.25) is 0 Å². The molecule has 0 bridgehead atoms. The Bertz CT molecular complexity index is 768. The van der Waals surface area contributed by atoms with Crippen molar-refractivity contribution in [3.05, 3.63) is 24.0 Å². The van der Waals surface area contributed by atoms with Crippen molar-refractivity contribution in [2.45, 2.75) is 31.6 Å². The second-order valence-corrected chi connectivity index (χ2v) is 8.01. The molecular formula is C18H25N7. The van der Waals surface area contributed by atoms with E-state index in [-0.39, 0.29) is 0 Å². The van der Waals surface area contributed by atoms with Crippen molar-refractivity contribution >= 4 is 17.6 Å². The first-order valence-corrected chi connectivity index (χ1v) is 9.28. The fourth-order valence-electron chi connectivity index (χ4n) is 4.30. The molecule has 0 amide bonds. The number of aromatic nitrogens is 4. The first kappa shape index (κ1) is 15.1. The third-order valence-corrected chi connectivity index (χ3v) is 5.86. The number of rotatable bonds is 4. The summed E-state index contributed by atoms with van der Waals surface area (Å²) < 4.78 is 0. The van der Waals surface area contributed by atoms with Gasteiger partial charge in [0.25, 0.3) is 0 Å². The molecule has 2 N–H and O–H groups in total. The summed E-state index contributed by atoms with van der Waals surface area (Å²) in [6.45, 7) is 4.51. The van der Waals surface area contributed by atoms with Gasteiger partial charge in [0, 0.05) is 48.9 Å². The molecule has 0 radical (unpaired) electrons. The van der Waals surface area contributed by atoms with Crippen LogP contribution in [0.5, 0.6) is 0 Å². The number of hydrogen-bond donors (Lipinski definition) is 2. The molecule has 2 aromatic heterocycles. The molecule has 2 aliphatic heterocycles. The molecule has 1 atom stereocenters. The van der Waals surface area contributed by atoms with Gasteiger partial charge in [-0.05, 0) is 45.3 Å². The van der Waals surface area contributed by atoms with Gasteiger partial charge in [-0.15, -0.1) is 0 Å². The summed E-state index contributed by atoms with van der Waals surface area (Å²) >= 11 is 0. The van der Waals surface area contributed by atoms with Crippen molar-refractivity contribution in [2.24, 2.45) is 5.41 Å². The lowest BCUT2D eigenvalue weighted by Gasteiger charge is -2.23. The van der Waals surface area contributed by atoms with Crippen molar-refractivity contribution in [3.63, 3.8) is 0 Å². The number of anilines is 3. The molecule has 132 valence electrons. The summed E-state index contributed by atoms with van der Waals surface area (Å²) in [5.74, 6) is 3.15. The van der Waals surface area contributed by atoms with E-state index in [1.807, 2.05) is 12.3 Å². The molecule has 5 rings (SSSR count). The van der Waals surface area contributed by atoms with E-state index in [2.05, 4.69) is 43.4 Å². The van der Waals surface area contributed by atoms with Crippen LogP contribution >= 0.6 is 0 Å². The van der Waals surface area contributed by atoms with E-state index in [1.54, 1.807) is 0 Å². The van der Waals surface area contributed by atoms with Crippen molar-refractivity contribution < 1.29 is 0 Å². The van der Waals surface area contributed by atoms with Gasteiger partial charge < -0.3 is 15.1 Å². The van der Waals surface area contributed by atoms with Gasteiger partial charge in [0.15, 0.2) is 5.82 Å². The van der Waals surface area contributed by atoms with Crippen LogP contribution in [0, 0.1) is 5.41 Å². The van der Waals surface area contributed by atoms with Crippen molar-refractivity contribution in [2.75, 3.05) is 43.4 Å². The highest BCUT2D eigenvalue weighted by Gasteiger charge is 2.43. The number of hydrogen-bond acceptors (Lipinski definition) is 6. The summed E-state index contributed by atoms with van der Waals surface area (Å²) in [4.78, 5) is 14.0. The average Bonchev–Trinajstić information content (AvgIpc) is 3.05. The monoisotopic (exact) mass is 339 g/mol. The highest BCUT2D eigenvalue weighted by Crippen LogP contribution is 2.40. The Morgan fingerprint density at radius 2 is 2.08 bits per heavy atom. The van der Waals surface area contributed by atoms with Gasteiger partial charge in [0.05, 0.1) is 0 Å². The van der Waals surface area contributed by atoms with Crippen LogP contribution in [0.3, 0.4) is 0 Å². The minimum atomic E-state index is 0.433. The van der Waals surface area contributed by atoms with Gasteiger partial charge in [-0.1, -0.05) is 0 Å². The molecule has 1 aliphatic carbocycles. The first-order chi connectivity index (χ1) is 12.2. The Kier molecular flexibility index (Phi) is 3.45. The van der Waals surface area contributed by atoms with E-state index in [0.717, 1.165) is 30.7 Å². The maximum absolute atomic E-state index is 4.73. The third-order valence-electron chi connectivity index (χ3n) is 5.86. The number of H-pyrrole nitrogens is 1. The summed E-state index contributed by atoms with van der Waals surface area (Å²) in [5, 5.41) is 10.8. The Labute approximate surface area is 147 Å². The first-order valence-electron chi connectivity index (χ1n) is 9.28. The van der Waals surface area contributed by atoms with Crippen LogP contribution in [0.15, 0.2) is 18.3 Å². The maximum atomic E-state index is 4.73. The molecule has 0 unspecified atom stereocenters. The van der Waals surface area contributed by atoms with E-state index in [0.29, 0.717) is 11.3 Å². The second kappa shape index (κ2) is 5.69. The van der Waals surface area contributed by atoms with Gasteiger partial charge in [0.2, 0.25) is 5.95 Å². The molecule has 0 aromatic carbocycles. The van der Waals surface area contributed by atoms with Crippen LogP contribution in [0.4, 0.5) is 17.6 Å². The summed E-state index contributed by atoms with van der Waals surface area (Å²) in [7, 11) is 2.22. The molecule has 4 heterocycles. The van der Waals surface area contributed by atoms with E-state index in [4.69, 9.17) is 4.98 Å². The molecule has 2 aromatic rings. The smallest absolute Gasteiger partial charge is 0.227 e. The third kappa shape index (κ3) is 2.97. The lowest BCUT2D eigenvalue weighted by molar-refractivity contribution is 0.312. The normalized spacial score (nSPS) is 26.7. The van der Waals surface area contributed by atoms with Gasteiger partial charge in [-0.25, -0.2) is 4.98 Å². The minimum absolute atomic E-state index is 0.433. The molecule has 25 heavy (non-hydrogen) atoms. The van der Waals surface area contributed by atoms with Crippen molar-refractivity contribution in [1.29, 1.82) is 0 Å². The van der Waals surface area contributed by atoms with E-state index < -0.39 is 0 Å². The topological polar surface area (TPSA) is 73.0 Å². The van der Waals surface area contributed by atoms with Crippen molar-refractivity contribution in [1.82, 2.24) is 25.1 Å². The number of likely N-dealkylation sites (tertiary alicyclic amines) is 1. The minimum Gasteiger partial charge on any atom is -0.340 e. The number of aromatic amines is 1. The van der Waals surface area contributed by atoms with Gasteiger partial charge in [0.1, 0.15) is 5.82 Å². The standard InChI is InChI=1S/C18H25N7/c1-24-8-5-18(11-24)6-9-25(12-18)17-19-7-4-15(21-17)20-16-10-14(22-23-16)13-2-3-13/h4,7,10,13H,2-3,5-6,8-9,11-12H2,1H3,(H2,19,20,21,22,23)/t18-/m1/s1. The molecule has 3 fully saturated rings. The van der Waals surface area contributed by atoms with Gasteiger partial charge in [-0.2, -0.15) is 10.1 Å². The van der Waals surface area contributed by atoms with Crippen molar-refractivity contribution in [3.8, 4) is 0 Å². The molecule has 2 saturated heterocycles. The summed E-state index contributed by atoms with van der Waals surface area (Å²) in [6, 6.07) is 4.00. The largest absolute Gasteiger partial charge is 0.340 e. The highest BCUT2D eigenvalue weighted by molar-refractivity contribution is 5.54. The molecule has 7 nitrogen and oxygen atoms in total.